The first-order chi connectivity index (χ1) is 8.75. The first kappa shape index (κ1) is 11.0. The monoisotopic (exact) mass is 243 g/mol. The van der Waals surface area contributed by atoms with E-state index in [1.165, 1.54) is 0 Å². The fraction of sp³-hybridized carbons (Fsp3) is 0.286. The van der Waals surface area contributed by atoms with Crippen LogP contribution in [0.15, 0.2) is 40.8 Å². The summed E-state index contributed by atoms with van der Waals surface area (Å²) in [5.41, 5.74) is 1.50. The van der Waals surface area contributed by atoms with Crippen molar-refractivity contribution >= 4 is 17.1 Å². The molecule has 1 aromatic carbocycles. The van der Waals surface area contributed by atoms with Crippen molar-refractivity contribution < 1.29 is 14.3 Å². The molecule has 1 heterocycles. The first-order valence-corrected chi connectivity index (χ1v) is 5.99. The molecule has 2 unspecified atom stereocenters. The molecule has 0 fully saturated rings. The summed E-state index contributed by atoms with van der Waals surface area (Å²) in [5, 5.41) is 9.24. The van der Waals surface area contributed by atoms with Crippen molar-refractivity contribution in [3.8, 4) is 0 Å². The predicted molar refractivity (Wildman–Crippen MR) is 66.2 cm³/mol. The SMILES string of the molecule is O=C(O)C1CC=CCC1c1nc2ccccc2o1. The first-order valence-electron chi connectivity index (χ1n) is 5.99. The van der Waals surface area contributed by atoms with Crippen molar-refractivity contribution in [1.82, 2.24) is 4.98 Å². The molecule has 2 atom stereocenters. The van der Waals surface area contributed by atoms with E-state index in [1.54, 1.807) is 0 Å². The summed E-state index contributed by atoms with van der Waals surface area (Å²) >= 11 is 0. The zero-order valence-corrected chi connectivity index (χ0v) is 9.74. The lowest BCUT2D eigenvalue weighted by Crippen LogP contribution is -2.23. The topological polar surface area (TPSA) is 63.3 Å². The van der Waals surface area contributed by atoms with Gasteiger partial charge in [-0.1, -0.05) is 24.3 Å². The molecular weight excluding hydrogens is 230 g/mol. The van der Waals surface area contributed by atoms with Gasteiger partial charge < -0.3 is 9.52 Å². The Kier molecular flexibility index (Phi) is 2.63. The molecule has 1 N–H and O–H groups in total. The van der Waals surface area contributed by atoms with Crippen LogP contribution in [0.5, 0.6) is 0 Å². The van der Waals surface area contributed by atoms with Gasteiger partial charge in [0.25, 0.3) is 0 Å². The van der Waals surface area contributed by atoms with Gasteiger partial charge in [-0.3, -0.25) is 4.79 Å². The van der Waals surface area contributed by atoms with Crippen molar-refractivity contribution in [1.29, 1.82) is 0 Å². The van der Waals surface area contributed by atoms with Gasteiger partial charge >= 0.3 is 5.97 Å². The van der Waals surface area contributed by atoms with E-state index < -0.39 is 11.9 Å². The maximum absolute atomic E-state index is 11.2. The summed E-state index contributed by atoms with van der Waals surface area (Å²) in [6.45, 7) is 0. The highest BCUT2D eigenvalue weighted by Gasteiger charge is 2.33. The van der Waals surface area contributed by atoms with Crippen molar-refractivity contribution in [3.05, 3.63) is 42.3 Å². The summed E-state index contributed by atoms with van der Waals surface area (Å²) < 4.78 is 5.68. The highest BCUT2D eigenvalue weighted by Crippen LogP contribution is 2.35. The molecule has 1 aliphatic carbocycles. The Balaban J connectivity index is 2.02. The van der Waals surface area contributed by atoms with Gasteiger partial charge in [0, 0.05) is 0 Å². The molecule has 0 amide bonds. The number of rotatable bonds is 2. The third kappa shape index (κ3) is 1.79. The molecule has 3 rings (SSSR count). The largest absolute Gasteiger partial charge is 0.481 e. The van der Waals surface area contributed by atoms with Crippen LogP contribution < -0.4 is 0 Å². The number of allylic oxidation sites excluding steroid dienone is 2. The molecule has 18 heavy (non-hydrogen) atoms. The van der Waals surface area contributed by atoms with E-state index in [0.717, 1.165) is 5.52 Å². The standard InChI is InChI=1S/C14H13NO3/c16-14(17)10-6-2-1-5-9(10)13-15-11-7-3-4-8-12(11)18-13/h1-4,7-10H,5-6H2,(H,16,17). The zero-order chi connectivity index (χ0) is 12.5. The number of hydrogen-bond donors (Lipinski definition) is 1. The van der Waals surface area contributed by atoms with Crippen LogP contribution in [-0.4, -0.2) is 16.1 Å². The summed E-state index contributed by atoms with van der Waals surface area (Å²) in [5.74, 6) is -0.859. The Morgan fingerprint density at radius 1 is 1.28 bits per heavy atom. The van der Waals surface area contributed by atoms with Crippen molar-refractivity contribution in [2.24, 2.45) is 5.92 Å². The number of para-hydroxylation sites is 2. The normalized spacial score (nSPS) is 23.3. The molecule has 4 heteroatoms. The van der Waals surface area contributed by atoms with Crippen molar-refractivity contribution in [3.63, 3.8) is 0 Å². The molecule has 0 bridgehead atoms. The second-order valence-corrected chi connectivity index (χ2v) is 4.51. The highest BCUT2D eigenvalue weighted by atomic mass is 16.4. The molecular formula is C14H13NO3. The van der Waals surface area contributed by atoms with Crippen molar-refractivity contribution in [2.75, 3.05) is 0 Å². The van der Waals surface area contributed by atoms with Crippen LogP contribution >= 0.6 is 0 Å². The number of benzene rings is 1. The molecule has 0 saturated heterocycles. The quantitative estimate of drug-likeness (QED) is 0.823. The number of fused-ring (bicyclic) bond motifs is 1. The van der Waals surface area contributed by atoms with E-state index in [4.69, 9.17) is 4.42 Å². The third-order valence-corrected chi connectivity index (χ3v) is 3.38. The van der Waals surface area contributed by atoms with Gasteiger partial charge in [-0.25, -0.2) is 4.98 Å². The minimum absolute atomic E-state index is 0.167. The van der Waals surface area contributed by atoms with Crippen LogP contribution in [-0.2, 0) is 4.79 Å². The Bertz CT molecular complexity index is 581. The van der Waals surface area contributed by atoms with Gasteiger partial charge in [-0.2, -0.15) is 0 Å². The van der Waals surface area contributed by atoms with Crippen LogP contribution in [0.1, 0.15) is 24.7 Å². The minimum Gasteiger partial charge on any atom is -0.481 e. The zero-order valence-electron chi connectivity index (χ0n) is 9.74. The average Bonchev–Trinajstić information content (AvgIpc) is 2.82. The Labute approximate surface area is 104 Å². The molecule has 1 aromatic heterocycles. The van der Waals surface area contributed by atoms with Crippen LogP contribution in [0.25, 0.3) is 11.1 Å². The average molecular weight is 243 g/mol. The molecule has 1 aliphatic rings. The van der Waals surface area contributed by atoms with E-state index in [-0.39, 0.29) is 5.92 Å². The number of carboxylic acid groups (broad SMARTS) is 1. The van der Waals surface area contributed by atoms with Gasteiger partial charge in [0.15, 0.2) is 11.5 Å². The van der Waals surface area contributed by atoms with Gasteiger partial charge in [-0.05, 0) is 25.0 Å². The molecule has 0 aliphatic heterocycles. The Hall–Kier alpha value is -2.10. The number of hydrogen-bond acceptors (Lipinski definition) is 3. The van der Waals surface area contributed by atoms with Crippen LogP contribution in [0.3, 0.4) is 0 Å². The number of nitrogens with zero attached hydrogens (tertiary/aromatic N) is 1. The number of aliphatic carboxylic acids is 1. The number of carboxylic acids is 1. The van der Waals surface area contributed by atoms with E-state index in [0.29, 0.717) is 24.3 Å². The van der Waals surface area contributed by atoms with E-state index >= 15 is 0 Å². The third-order valence-electron chi connectivity index (χ3n) is 3.38. The lowest BCUT2D eigenvalue weighted by atomic mass is 9.83. The van der Waals surface area contributed by atoms with Crippen LogP contribution in [0.2, 0.25) is 0 Å². The van der Waals surface area contributed by atoms with Crippen molar-refractivity contribution in [2.45, 2.75) is 18.8 Å². The van der Waals surface area contributed by atoms with Gasteiger partial charge in [0.05, 0.1) is 11.8 Å². The lowest BCUT2D eigenvalue weighted by Gasteiger charge is -2.21. The van der Waals surface area contributed by atoms with Crippen LogP contribution in [0, 0.1) is 5.92 Å². The predicted octanol–water partition coefficient (Wildman–Crippen LogP) is 2.96. The summed E-state index contributed by atoms with van der Waals surface area (Å²) in [6, 6.07) is 7.49. The smallest absolute Gasteiger partial charge is 0.307 e. The maximum Gasteiger partial charge on any atom is 0.307 e. The molecule has 0 radical (unpaired) electrons. The Morgan fingerprint density at radius 2 is 2.06 bits per heavy atom. The highest BCUT2D eigenvalue weighted by molar-refractivity contribution is 5.74. The second kappa shape index (κ2) is 4.29. The Morgan fingerprint density at radius 3 is 2.83 bits per heavy atom. The van der Waals surface area contributed by atoms with E-state index in [9.17, 15) is 9.90 Å². The number of aromatic nitrogens is 1. The number of carbonyl (C=O) groups is 1. The second-order valence-electron chi connectivity index (χ2n) is 4.51. The molecule has 0 spiro atoms. The maximum atomic E-state index is 11.2. The van der Waals surface area contributed by atoms with Gasteiger partial charge in [0.1, 0.15) is 5.52 Å². The fourth-order valence-corrected chi connectivity index (χ4v) is 2.41. The summed E-state index contributed by atoms with van der Waals surface area (Å²) in [6.07, 6.45) is 5.12. The number of oxazole rings is 1. The molecule has 0 saturated carbocycles. The van der Waals surface area contributed by atoms with E-state index in [2.05, 4.69) is 4.98 Å². The minimum atomic E-state index is -0.786. The summed E-state index contributed by atoms with van der Waals surface area (Å²) in [4.78, 5) is 15.7. The molecule has 92 valence electrons. The van der Waals surface area contributed by atoms with Gasteiger partial charge in [0.2, 0.25) is 0 Å². The molecule has 2 aromatic rings. The van der Waals surface area contributed by atoms with Gasteiger partial charge in [-0.15, -0.1) is 0 Å². The van der Waals surface area contributed by atoms with E-state index in [1.807, 2.05) is 36.4 Å². The summed E-state index contributed by atoms with van der Waals surface area (Å²) in [7, 11) is 0. The molecule has 4 nitrogen and oxygen atoms in total. The fourth-order valence-electron chi connectivity index (χ4n) is 2.41. The lowest BCUT2D eigenvalue weighted by molar-refractivity contribution is -0.142. The van der Waals surface area contributed by atoms with Crippen LogP contribution in [0.4, 0.5) is 0 Å².